The first-order valence-electron chi connectivity index (χ1n) is 6.11. The average Bonchev–Trinajstić information content (AvgIpc) is 2.36. The van der Waals surface area contributed by atoms with Gasteiger partial charge in [-0.15, -0.1) is 0 Å². The highest BCUT2D eigenvalue weighted by molar-refractivity contribution is 5.13. The van der Waals surface area contributed by atoms with Crippen molar-refractivity contribution in [3.8, 4) is 0 Å². The molecule has 0 saturated carbocycles. The molecule has 0 unspecified atom stereocenters. The van der Waals surface area contributed by atoms with E-state index in [1.807, 2.05) is 50.3 Å². The molecular weight excluding hydrogens is 228 g/mol. The molecule has 3 nitrogen and oxygen atoms in total. The summed E-state index contributed by atoms with van der Waals surface area (Å²) in [5.74, 6) is 0. The Labute approximate surface area is 109 Å². The first kappa shape index (κ1) is 14.9. The molecule has 0 bridgehead atoms. The zero-order chi connectivity index (χ0) is 13.4. The number of hydrogen-bond donors (Lipinski definition) is 1. The van der Waals surface area contributed by atoms with Gasteiger partial charge in [0.05, 0.1) is 13.2 Å². The van der Waals surface area contributed by atoms with Gasteiger partial charge in [-0.25, -0.2) is 0 Å². The minimum atomic E-state index is -0.645. The summed E-state index contributed by atoms with van der Waals surface area (Å²) in [6.45, 7) is 4.72. The Morgan fingerprint density at radius 1 is 1.28 bits per heavy atom. The van der Waals surface area contributed by atoms with Crippen molar-refractivity contribution in [2.24, 2.45) is 0 Å². The lowest BCUT2D eigenvalue weighted by Gasteiger charge is -2.19. The van der Waals surface area contributed by atoms with Gasteiger partial charge in [-0.1, -0.05) is 42.0 Å². The lowest BCUT2D eigenvalue weighted by molar-refractivity contribution is -0.0403. The highest BCUT2D eigenvalue weighted by atomic mass is 16.5. The smallest absolute Gasteiger partial charge is 0.107 e. The molecule has 1 N–H and O–H groups in total. The fraction of sp³-hybridized carbons (Fsp3) is 0.467. The average molecular weight is 250 g/mol. The summed E-state index contributed by atoms with van der Waals surface area (Å²) in [5, 5.41) is 9.94. The van der Waals surface area contributed by atoms with Gasteiger partial charge >= 0.3 is 0 Å². The summed E-state index contributed by atoms with van der Waals surface area (Å²) in [6.07, 6.45) is 0.940. The minimum absolute atomic E-state index is 0.261. The zero-order valence-electron chi connectivity index (χ0n) is 11.3. The van der Waals surface area contributed by atoms with Crippen LogP contribution in [0, 0.1) is 0 Å². The van der Waals surface area contributed by atoms with Gasteiger partial charge in [0.15, 0.2) is 0 Å². The molecule has 3 heteroatoms. The van der Waals surface area contributed by atoms with E-state index in [4.69, 9.17) is 9.47 Å². The van der Waals surface area contributed by atoms with E-state index in [1.54, 1.807) is 7.11 Å². The number of hydrogen-bond acceptors (Lipinski definition) is 3. The summed E-state index contributed by atoms with van der Waals surface area (Å²) in [4.78, 5) is 0. The van der Waals surface area contributed by atoms with Crippen LogP contribution in [0.1, 0.15) is 19.4 Å². The quantitative estimate of drug-likeness (QED) is 0.756. The molecule has 1 aromatic rings. The summed E-state index contributed by atoms with van der Waals surface area (Å²) in [5.41, 5.74) is 2.21. The maximum atomic E-state index is 9.94. The first-order chi connectivity index (χ1) is 8.63. The third-order valence-corrected chi connectivity index (χ3v) is 2.55. The molecule has 0 fully saturated rings. The van der Waals surface area contributed by atoms with Crippen LogP contribution < -0.4 is 0 Å². The minimum Gasteiger partial charge on any atom is -0.388 e. The van der Waals surface area contributed by atoms with Crippen LogP contribution in [0.5, 0.6) is 0 Å². The van der Waals surface area contributed by atoms with Crippen molar-refractivity contribution in [2.75, 3.05) is 13.7 Å². The topological polar surface area (TPSA) is 38.7 Å². The van der Waals surface area contributed by atoms with E-state index in [0.717, 1.165) is 11.1 Å². The van der Waals surface area contributed by atoms with Crippen LogP contribution in [0.2, 0.25) is 0 Å². The lowest BCUT2D eigenvalue weighted by atomic mass is 10.1. The molecule has 0 aliphatic carbocycles. The molecule has 0 aliphatic heterocycles. The molecule has 1 aromatic carbocycles. The molecular formula is C15H22O3. The zero-order valence-corrected chi connectivity index (χ0v) is 11.3. The van der Waals surface area contributed by atoms with E-state index in [0.29, 0.717) is 6.61 Å². The largest absolute Gasteiger partial charge is 0.388 e. The van der Waals surface area contributed by atoms with Crippen LogP contribution in [0.3, 0.4) is 0 Å². The van der Waals surface area contributed by atoms with E-state index in [1.165, 1.54) is 0 Å². The second-order valence-corrected chi connectivity index (χ2v) is 4.51. The predicted molar refractivity (Wildman–Crippen MR) is 72.3 cm³/mol. The van der Waals surface area contributed by atoms with Gasteiger partial charge in [0.1, 0.15) is 12.2 Å². The molecule has 0 spiro atoms. The van der Waals surface area contributed by atoms with Crippen LogP contribution in [0.4, 0.5) is 0 Å². The number of aliphatic hydroxyl groups excluding tert-OH is 1. The van der Waals surface area contributed by atoms with Crippen LogP contribution in [0.25, 0.3) is 0 Å². The molecule has 1 rings (SSSR count). The van der Waals surface area contributed by atoms with E-state index < -0.39 is 6.10 Å². The van der Waals surface area contributed by atoms with E-state index in [9.17, 15) is 5.11 Å². The summed E-state index contributed by atoms with van der Waals surface area (Å²) >= 11 is 0. The maximum Gasteiger partial charge on any atom is 0.107 e. The first-order valence-corrected chi connectivity index (χ1v) is 6.11. The fourth-order valence-corrected chi connectivity index (χ4v) is 1.63. The SMILES string of the molecule is CO[C@H](C=C(C)C)[C@@H](O)COCc1ccccc1. The number of aliphatic hydroxyl groups is 1. The van der Waals surface area contributed by atoms with Crippen molar-refractivity contribution in [1.82, 2.24) is 0 Å². The highest BCUT2D eigenvalue weighted by Crippen LogP contribution is 2.07. The van der Waals surface area contributed by atoms with Gasteiger partial charge < -0.3 is 14.6 Å². The van der Waals surface area contributed by atoms with Gasteiger partial charge in [-0.3, -0.25) is 0 Å². The van der Waals surface area contributed by atoms with E-state index >= 15 is 0 Å². The molecule has 18 heavy (non-hydrogen) atoms. The van der Waals surface area contributed by atoms with Gasteiger partial charge in [0.25, 0.3) is 0 Å². The second kappa shape index (κ2) is 8.03. The Balaban J connectivity index is 2.36. The molecule has 0 radical (unpaired) electrons. The highest BCUT2D eigenvalue weighted by Gasteiger charge is 2.16. The second-order valence-electron chi connectivity index (χ2n) is 4.51. The normalized spacial score (nSPS) is 14.0. The van der Waals surface area contributed by atoms with Crippen LogP contribution in [-0.4, -0.2) is 31.0 Å². The van der Waals surface area contributed by atoms with Crippen LogP contribution in [-0.2, 0) is 16.1 Å². The van der Waals surface area contributed by atoms with Crippen molar-refractivity contribution in [3.63, 3.8) is 0 Å². The number of ether oxygens (including phenoxy) is 2. The van der Waals surface area contributed by atoms with E-state index in [-0.39, 0.29) is 12.7 Å². The Kier molecular flexibility index (Phi) is 6.65. The standard InChI is InChI=1S/C15H22O3/c1-12(2)9-15(17-3)14(16)11-18-10-13-7-5-4-6-8-13/h4-9,14-16H,10-11H2,1-3H3/t14-,15+/m0/s1. The van der Waals surface area contributed by atoms with Crippen molar-refractivity contribution in [2.45, 2.75) is 32.7 Å². The fourth-order valence-electron chi connectivity index (χ4n) is 1.63. The van der Waals surface area contributed by atoms with E-state index in [2.05, 4.69) is 0 Å². The monoisotopic (exact) mass is 250 g/mol. The Bertz CT molecular complexity index is 355. The maximum absolute atomic E-state index is 9.94. The van der Waals surface area contributed by atoms with Crippen molar-refractivity contribution in [1.29, 1.82) is 0 Å². The predicted octanol–water partition coefficient (Wildman–Crippen LogP) is 2.55. The Morgan fingerprint density at radius 2 is 1.94 bits per heavy atom. The molecule has 0 heterocycles. The number of benzene rings is 1. The molecule has 0 saturated heterocycles. The summed E-state index contributed by atoms with van der Waals surface area (Å²) in [7, 11) is 1.59. The van der Waals surface area contributed by atoms with Crippen molar-refractivity contribution >= 4 is 0 Å². The van der Waals surface area contributed by atoms with Gasteiger partial charge in [0.2, 0.25) is 0 Å². The van der Waals surface area contributed by atoms with Crippen molar-refractivity contribution < 1.29 is 14.6 Å². The van der Waals surface area contributed by atoms with Crippen LogP contribution in [0.15, 0.2) is 42.0 Å². The molecule has 0 aliphatic rings. The molecule has 0 aromatic heterocycles. The van der Waals surface area contributed by atoms with Gasteiger partial charge in [0, 0.05) is 7.11 Å². The third-order valence-electron chi connectivity index (χ3n) is 2.55. The Hall–Kier alpha value is -1.16. The summed E-state index contributed by atoms with van der Waals surface area (Å²) in [6, 6.07) is 9.90. The molecule has 100 valence electrons. The Morgan fingerprint density at radius 3 is 2.50 bits per heavy atom. The van der Waals surface area contributed by atoms with Gasteiger partial charge in [-0.05, 0) is 19.4 Å². The third kappa shape index (κ3) is 5.45. The lowest BCUT2D eigenvalue weighted by Crippen LogP contribution is -2.30. The van der Waals surface area contributed by atoms with Crippen molar-refractivity contribution in [3.05, 3.63) is 47.5 Å². The number of rotatable bonds is 7. The number of allylic oxidation sites excluding steroid dienone is 1. The molecule has 2 atom stereocenters. The van der Waals surface area contributed by atoms with Crippen LogP contribution >= 0.6 is 0 Å². The molecule has 0 amide bonds. The number of methoxy groups -OCH3 is 1. The van der Waals surface area contributed by atoms with Gasteiger partial charge in [-0.2, -0.15) is 0 Å². The summed E-state index contributed by atoms with van der Waals surface area (Å²) < 4.78 is 10.7.